The third-order valence-corrected chi connectivity index (χ3v) is 1.58. The van der Waals surface area contributed by atoms with Crippen molar-refractivity contribution >= 4 is 0 Å². The van der Waals surface area contributed by atoms with Crippen LogP contribution in [0.5, 0.6) is 0 Å². The zero-order valence-corrected chi connectivity index (χ0v) is 6.52. The molecule has 0 aromatic rings. The van der Waals surface area contributed by atoms with E-state index >= 15 is 0 Å². The van der Waals surface area contributed by atoms with Crippen molar-refractivity contribution in [3.8, 4) is 17.9 Å². The largest absolute Gasteiger partial charge is 0.193 e. The summed E-state index contributed by atoms with van der Waals surface area (Å²) < 4.78 is 0. The van der Waals surface area contributed by atoms with E-state index in [4.69, 9.17) is 5.26 Å². The monoisotopic (exact) mass is 143 g/mol. The highest BCUT2D eigenvalue weighted by Crippen LogP contribution is 2.16. The van der Waals surface area contributed by atoms with Crippen LogP contribution in [-0.2, 0) is 0 Å². The molecule has 54 valence electrons. The molecule has 0 aliphatic heterocycles. The van der Waals surface area contributed by atoms with Gasteiger partial charge in [0.1, 0.15) is 0 Å². The standard InChI is InChI=1S/C10H9N/c1-2-3-9-4-6-10(8-11)7-5-9/h4,6H,5,7H2,1H3. The molecular weight excluding hydrogens is 134 g/mol. The van der Waals surface area contributed by atoms with Gasteiger partial charge in [0.05, 0.1) is 6.07 Å². The first-order valence-corrected chi connectivity index (χ1v) is 3.59. The number of allylic oxidation sites excluding steroid dienone is 4. The van der Waals surface area contributed by atoms with E-state index in [9.17, 15) is 0 Å². The lowest BCUT2D eigenvalue weighted by Gasteiger charge is -2.03. The van der Waals surface area contributed by atoms with Crippen LogP contribution in [0.4, 0.5) is 0 Å². The Bertz CT molecular complexity index is 302. The van der Waals surface area contributed by atoms with Gasteiger partial charge in [0.25, 0.3) is 0 Å². The molecule has 0 N–H and O–H groups in total. The smallest absolute Gasteiger partial charge is 0.0947 e. The molecule has 0 aromatic heterocycles. The Balaban J connectivity index is 2.76. The van der Waals surface area contributed by atoms with Crippen molar-refractivity contribution in [1.29, 1.82) is 5.26 Å². The third kappa shape index (κ3) is 1.99. The summed E-state index contributed by atoms with van der Waals surface area (Å²) in [7, 11) is 0. The van der Waals surface area contributed by atoms with Crippen LogP contribution in [-0.4, -0.2) is 0 Å². The molecule has 0 heterocycles. The van der Waals surface area contributed by atoms with E-state index in [1.54, 1.807) is 0 Å². The Labute approximate surface area is 67.0 Å². The summed E-state index contributed by atoms with van der Waals surface area (Å²) in [6.45, 7) is 1.82. The molecule has 1 nitrogen and oxygen atoms in total. The van der Waals surface area contributed by atoms with E-state index in [1.807, 2.05) is 19.1 Å². The average Bonchev–Trinajstić information content (AvgIpc) is 2.07. The highest BCUT2D eigenvalue weighted by atomic mass is 14.2. The molecule has 0 unspecified atom stereocenters. The summed E-state index contributed by atoms with van der Waals surface area (Å²) in [5, 5.41) is 8.52. The van der Waals surface area contributed by atoms with Gasteiger partial charge in [-0.15, -0.1) is 5.92 Å². The van der Waals surface area contributed by atoms with Crippen molar-refractivity contribution in [2.75, 3.05) is 0 Å². The number of rotatable bonds is 0. The van der Waals surface area contributed by atoms with Crippen molar-refractivity contribution in [3.05, 3.63) is 23.3 Å². The fourth-order valence-corrected chi connectivity index (χ4v) is 0.995. The summed E-state index contributed by atoms with van der Waals surface area (Å²) in [5.74, 6) is 5.83. The quantitative estimate of drug-likeness (QED) is 0.477. The van der Waals surface area contributed by atoms with E-state index in [1.165, 1.54) is 0 Å². The van der Waals surface area contributed by atoms with Gasteiger partial charge in [-0.1, -0.05) is 5.92 Å². The molecule has 0 spiro atoms. The van der Waals surface area contributed by atoms with E-state index in [-0.39, 0.29) is 0 Å². The van der Waals surface area contributed by atoms with Crippen LogP contribution < -0.4 is 0 Å². The highest BCUT2D eigenvalue weighted by Gasteiger charge is 2.02. The van der Waals surface area contributed by atoms with Gasteiger partial charge in [0.2, 0.25) is 0 Å². The van der Waals surface area contributed by atoms with Gasteiger partial charge in [-0.05, 0) is 31.9 Å². The van der Waals surface area contributed by atoms with Gasteiger partial charge in [-0.2, -0.15) is 5.26 Å². The molecule has 1 aliphatic carbocycles. The van der Waals surface area contributed by atoms with Crippen molar-refractivity contribution in [2.24, 2.45) is 0 Å². The minimum absolute atomic E-state index is 0.844. The van der Waals surface area contributed by atoms with Gasteiger partial charge >= 0.3 is 0 Å². The Hall–Kier alpha value is -1.47. The molecule has 0 radical (unpaired) electrons. The van der Waals surface area contributed by atoms with Crippen molar-refractivity contribution in [2.45, 2.75) is 19.8 Å². The maximum atomic E-state index is 8.52. The second-order valence-corrected chi connectivity index (χ2v) is 2.37. The molecule has 1 aliphatic rings. The average molecular weight is 143 g/mol. The second-order valence-electron chi connectivity index (χ2n) is 2.37. The van der Waals surface area contributed by atoms with Gasteiger partial charge in [-0.25, -0.2) is 0 Å². The normalized spacial score (nSPS) is 15.3. The summed E-state index contributed by atoms with van der Waals surface area (Å²) in [6.07, 6.45) is 5.54. The Morgan fingerprint density at radius 3 is 2.36 bits per heavy atom. The van der Waals surface area contributed by atoms with E-state index in [0.29, 0.717) is 0 Å². The van der Waals surface area contributed by atoms with Gasteiger partial charge < -0.3 is 0 Å². The molecule has 0 aromatic carbocycles. The minimum atomic E-state index is 0.844. The maximum absolute atomic E-state index is 8.52. The molecule has 1 rings (SSSR count). The van der Waals surface area contributed by atoms with Gasteiger partial charge in [0.15, 0.2) is 0 Å². The Kier molecular flexibility index (Phi) is 2.53. The van der Waals surface area contributed by atoms with E-state index in [2.05, 4.69) is 17.9 Å². The lowest BCUT2D eigenvalue weighted by molar-refractivity contribution is 0.963. The SMILES string of the molecule is CC#CC1=CC=C(C#N)CC1. The molecule has 0 saturated heterocycles. The van der Waals surface area contributed by atoms with Crippen LogP contribution in [0, 0.1) is 23.2 Å². The lowest BCUT2D eigenvalue weighted by atomic mass is 10.00. The molecule has 11 heavy (non-hydrogen) atoms. The third-order valence-electron chi connectivity index (χ3n) is 1.58. The van der Waals surface area contributed by atoms with Crippen LogP contribution in [0.1, 0.15) is 19.8 Å². The molecule has 0 bridgehead atoms. The Morgan fingerprint density at radius 2 is 1.91 bits per heavy atom. The Morgan fingerprint density at radius 1 is 1.27 bits per heavy atom. The molecule has 0 amide bonds. The molecule has 1 heteroatoms. The summed E-state index contributed by atoms with van der Waals surface area (Å²) in [4.78, 5) is 0. The van der Waals surface area contributed by atoms with E-state index < -0.39 is 0 Å². The van der Waals surface area contributed by atoms with Crippen molar-refractivity contribution in [3.63, 3.8) is 0 Å². The van der Waals surface area contributed by atoms with Crippen LogP contribution >= 0.6 is 0 Å². The van der Waals surface area contributed by atoms with Crippen LogP contribution in [0.3, 0.4) is 0 Å². The predicted octanol–water partition coefficient (Wildman–Crippen LogP) is 2.18. The fourth-order valence-electron chi connectivity index (χ4n) is 0.995. The zero-order chi connectivity index (χ0) is 8.10. The van der Waals surface area contributed by atoms with Gasteiger partial charge in [-0.3, -0.25) is 0 Å². The molecule has 0 saturated carbocycles. The summed E-state index contributed by atoms with van der Waals surface area (Å²) >= 11 is 0. The fraction of sp³-hybridized carbons (Fsp3) is 0.300. The minimum Gasteiger partial charge on any atom is -0.193 e. The number of nitrogens with zero attached hydrogens (tertiary/aromatic N) is 1. The first-order valence-electron chi connectivity index (χ1n) is 3.59. The molecule has 0 fully saturated rings. The first kappa shape index (κ1) is 7.63. The van der Waals surface area contributed by atoms with Crippen LogP contribution in [0.25, 0.3) is 0 Å². The molecule has 0 atom stereocenters. The summed E-state index contributed by atoms with van der Waals surface area (Å²) in [5.41, 5.74) is 1.98. The first-order chi connectivity index (χ1) is 5.36. The van der Waals surface area contributed by atoms with E-state index in [0.717, 1.165) is 24.0 Å². The zero-order valence-electron chi connectivity index (χ0n) is 6.52. The van der Waals surface area contributed by atoms with Crippen LogP contribution in [0.2, 0.25) is 0 Å². The van der Waals surface area contributed by atoms with Crippen molar-refractivity contribution < 1.29 is 0 Å². The predicted molar refractivity (Wildman–Crippen MR) is 44.5 cm³/mol. The second kappa shape index (κ2) is 3.64. The lowest BCUT2D eigenvalue weighted by Crippen LogP contribution is -1.89. The molecular formula is C10H9N. The van der Waals surface area contributed by atoms with Gasteiger partial charge in [0, 0.05) is 11.1 Å². The number of hydrogen-bond acceptors (Lipinski definition) is 1. The topological polar surface area (TPSA) is 23.8 Å². The van der Waals surface area contributed by atoms with Crippen LogP contribution in [0.15, 0.2) is 23.3 Å². The highest BCUT2D eigenvalue weighted by molar-refractivity contribution is 5.39. The summed E-state index contributed by atoms with van der Waals surface area (Å²) in [6, 6.07) is 2.13. The van der Waals surface area contributed by atoms with Crippen molar-refractivity contribution in [1.82, 2.24) is 0 Å². The number of nitriles is 1. The maximum Gasteiger partial charge on any atom is 0.0947 e. The number of hydrogen-bond donors (Lipinski definition) is 0.